The lowest BCUT2D eigenvalue weighted by molar-refractivity contribution is -0.137. The normalized spacial score (nSPS) is 13.9. The molecule has 0 aliphatic carbocycles. The van der Waals surface area contributed by atoms with Gasteiger partial charge in [-0.15, -0.1) is 4.73 Å². The van der Waals surface area contributed by atoms with Crippen LogP contribution in [0.25, 0.3) is 0 Å². The molecule has 1 aromatic carbocycles. The summed E-state index contributed by atoms with van der Waals surface area (Å²) in [5.74, 6) is 0.240. The Morgan fingerprint density at radius 2 is 1.85 bits per heavy atom. The molecule has 8 nitrogen and oxygen atoms in total. The van der Waals surface area contributed by atoms with Gasteiger partial charge >= 0.3 is 12.3 Å². The zero-order valence-electron chi connectivity index (χ0n) is 19.7. The Balaban J connectivity index is 1.64. The molecule has 0 spiro atoms. The number of anilines is 1. The van der Waals surface area contributed by atoms with Crippen molar-refractivity contribution < 1.29 is 27.5 Å². The van der Waals surface area contributed by atoms with E-state index in [9.17, 15) is 22.8 Å². The summed E-state index contributed by atoms with van der Waals surface area (Å²) in [7, 11) is 1.34. The van der Waals surface area contributed by atoms with Crippen LogP contribution in [0.2, 0.25) is 0 Å². The predicted octanol–water partition coefficient (Wildman–Crippen LogP) is 3.66. The number of carbonyl (C=O) groups is 1. The highest BCUT2D eigenvalue weighted by atomic mass is 19.4. The van der Waals surface area contributed by atoms with Gasteiger partial charge in [-0.1, -0.05) is 12.1 Å². The second-order valence-corrected chi connectivity index (χ2v) is 9.02. The smallest absolute Gasteiger partial charge is 0.416 e. The number of aryl methyl sites for hydroxylation is 1. The average molecular weight is 483 g/mol. The largest absolute Gasteiger partial charge is 0.444 e. The van der Waals surface area contributed by atoms with Gasteiger partial charge in [0.2, 0.25) is 5.95 Å². The van der Waals surface area contributed by atoms with Gasteiger partial charge in [0.25, 0.3) is 5.56 Å². The summed E-state index contributed by atoms with van der Waals surface area (Å²) in [6.45, 7) is 6.21. The highest BCUT2D eigenvalue weighted by Gasteiger charge is 2.30. The van der Waals surface area contributed by atoms with E-state index in [1.165, 1.54) is 24.1 Å². The van der Waals surface area contributed by atoms with E-state index in [2.05, 4.69) is 10.3 Å². The Hall–Kier alpha value is -3.24. The number of nitrogens with one attached hydrogen (secondary N) is 1. The maximum Gasteiger partial charge on any atom is 0.416 e. The standard InChI is InChI=1S/C23H29F3N4O4/c1-22(2,3)34-21(32)29-13-11-18-17(14-29)19(31)30(33-4)20(28-18)27-12-5-6-15-7-9-16(10-8-15)23(24,25)26/h7-10H,5-6,11-14H2,1-4H3,(H,27,28). The zero-order valence-corrected chi connectivity index (χ0v) is 19.7. The fourth-order valence-electron chi connectivity index (χ4n) is 3.58. The molecule has 34 heavy (non-hydrogen) atoms. The lowest BCUT2D eigenvalue weighted by atomic mass is 10.1. The van der Waals surface area contributed by atoms with Crippen molar-refractivity contribution in [1.29, 1.82) is 0 Å². The molecule has 1 aliphatic heterocycles. The van der Waals surface area contributed by atoms with Crippen molar-refractivity contribution >= 4 is 12.0 Å². The lowest BCUT2D eigenvalue weighted by Gasteiger charge is -2.30. The minimum atomic E-state index is -4.36. The summed E-state index contributed by atoms with van der Waals surface area (Å²) in [5, 5.41) is 3.07. The van der Waals surface area contributed by atoms with Gasteiger partial charge in [0.05, 0.1) is 23.4 Å². The van der Waals surface area contributed by atoms with Crippen LogP contribution in [0.3, 0.4) is 0 Å². The van der Waals surface area contributed by atoms with E-state index < -0.39 is 29.0 Å². The number of fused-ring (bicyclic) bond motifs is 1. The number of amides is 1. The number of alkyl halides is 3. The first kappa shape index (κ1) is 25.4. The lowest BCUT2D eigenvalue weighted by Crippen LogP contribution is -2.44. The van der Waals surface area contributed by atoms with Crippen LogP contribution < -0.4 is 15.7 Å². The molecule has 2 aromatic rings. The maximum atomic E-state index is 13.0. The molecular weight excluding hydrogens is 453 g/mol. The minimum Gasteiger partial charge on any atom is -0.444 e. The fraction of sp³-hybridized carbons (Fsp3) is 0.522. The monoisotopic (exact) mass is 482 g/mol. The Morgan fingerprint density at radius 1 is 1.18 bits per heavy atom. The first-order valence-electron chi connectivity index (χ1n) is 11.0. The van der Waals surface area contributed by atoms with Crippen molar-refractivity contribution in [2.75, 3.05) is 25.5 Å². The molecule has 0 radical (unpaired) electrons. The van der Waals surface area contributed by atoms with Gasteiger partial charge in [-0.2, -0.15) is 13.2 Å². The molecule has 0 saturated carbocycles. The fourth-order valence-corrected chi connectivity index (χ4v) is 3.58. The van der Waals surface area contributed by atoms with Crippen LogP contribution in [0.5, 0.6) is 0 Å². The van der Waals surface area contributed by atoms with Crippen molar-refractivity contribution in [3.63, 3.8) is 0 Å². The Labute approximate surface area is 195 Å². The molecule has 0 atom stereocenters. The van der Waals surface area contributed by atoms with Crippen LogP contribution >= 0.6 is 0 Å². The number of halogens is 3. The van der Waals surface area contributed by atoms with Gasteiger partial charge in [0.15, 0.2) is 0 Å². The van der Waals surface area contributed by atoms with Crippen LogP contribution in [-0.4, -0.2) is 46.5 Å². The predicted molar refractivity (Wildman–Crippen MR) is 120 cm³/mol. The van der Waals surface area contributed by atoms with Gasteiger partial charge in [-0.05, 0) is 51.3 Å². The number of hydrogen-bond donors (Lipinski definition) is 1. The molecule has 11 heteroatoms. The van der Waals surface area contributed by atoms with Crippen molar-refractivity contribution in [1.82, 2.24) is 14.6 Å². The molecule has 1 aromatic heterocycles. The number of rotatable bonds is 6. The number of benzene rings is 1. The minimum absolute atomic E-state index is 0.0770. The molecule has 1 aliphatic rings. The molecule has 2 heterocycles. The Morgan fingerprint density at radius 3 is 2.44 bits per heavy atom. The molecule has 3 rings (SSSR count). The molecule has 186 valence electrons. The SMILES string of the molecule is COn1c(NCCCc2ccc(C(F)(F)F)cc2)nc2c(c1=O)CN(C(=O)OC(C)(C)C)CC2. The second kappa shape index (κ2) is 9.94. The number of aromatic nitrogens is 2. The first-order valence-corrected chi connectivity index (χ1v) is 11.0. The van der Waals surface area contributed by atoms with Gasteiger partial charge < -0.3 is 19.8 Å². The third-order valence-electron chi connectivity index (χ3n) is 5.23. The van der Waals surface area contributed by atoms with Crippen molar-refractivity contribution in [3.8, 4) is 0 Å². The van der Waals surface area contributed by atoms with Crippen molar-refractivity contribution in [2.24, 2.45) is 0 Å². The first-order chi connectivity index (χ1) is 15.9. The van der Waals surface area contributed by atoms with E-state index in [0.717, 1.165) is 22.4 Å². The van der Waals surface area contributed by atoms with E-state index in [-0.39, 0.29) is 12.5 Å². The van der Waals surface area contributed by atoms with Gasteiger partial charge in [0.1, 0.15) is 12.7 Å². The van der Waals surface area contributed by atoms with E-state index in [1.54, 1.807) is 20.8 Å². The summed E-state index contributed by atoms with van der Waals surface area (Å²) in [4.78, 5) is 36.6. The quantitative estimate of drug-likeness (QED) is 0.633. The summed E-state index contributed by atoms with van der Waals surface area (Å²) in [6, 6.07) is 5.05. The van der Waals surface area contributed by atoms with Crippen molar-refractivity contribution in [2.45, 2.75) is 58.4 Å². The van der Waals surface area contributed by atoms with Crippen LogP contribution in [0.15, 0.2) is 29.1 Å². The molecule has 1 amide bonds. The second-order valence-electron chi connectivity index (χ2n) is 9.02. The van der Waals surface area contributed by atoms with Crippen LogP contribution in [0.4, 0.5) is 23.9 Å². The molecule has 0 fully saturated rings. The van der Waals surface area contributed by atoms with E-state index in [0.29, 0.717) is 43.6 Å². The third kappa shape index (κ3) is 6.21. The van der Waals surface area contributed by atoms with Crippen molar-refractivity contribution in [3.05, 3.63) is 57.0 Å². The van der Waals surface area contributed by atoms with E-state index in [4.69, 9.17) is 9.57 Å². The van der Waals surface area contributed by atoms with Crippen LogP contribution in [0.1, 0.15) is 49.6 Å². The van der Waals surface area contributed by atoms with Crippen LogP contribution in [0, 0.1) is 0 Å². The molecule has 0 unspecified atom stereocenters. The van der Waals surface area contributed by atoms with Crippen LogP contribution in [-0.2, 0) is 30.3 Å². The summed E-state index contributed by atoms with van der Waals surface area (Å²) >= 11 is 0. The molecular formula is C23H29F3N4O4. The Kier molecular flexibility index (Phi) is 7.42. The highest BCUT2D eigenvalue weighted by molar-refractivity contribution is 5.68. The summed E-state index contributed by atoms with van der Waals surface area (Å²) in [5.41, 5.74) is 0.00129. The molecule has 0 saturated heterocycles. The van der Waals surface area contributed by atoms with Gasteiger partial charge in [-0.25, -0.2) is 9.78 Å². The number of nitrogens with zero attached hydrogens (tertiary/aromatic N) is 3. The summed E-state index contributed by atoms with van der Waals surface area (Å²) in [6.07, 6.45) is -3.29. The molecule has 1 N–H and O–H groups in total. The number of ether oxygens (including phenoxy) is 1. The molecule has 0 bridgehead atoms. The van der Waals surface area contributed by atoms with E-state index >= 15 is 0 Å². The van der Waals surface area contributed by atoms with E-state index in [1.807, 2.05) is 0 Å². The Bertz CT molecular complexity index is 1080. The topological polar surface area (TPSA) is 85.7 Å². The third-order valence-corrected chi connectivity index (χ3v) is 5.23. The van der Waals surface area contributed by atoms with Gasteiger partial charge in [-0.3, -0.25) is 4.79 Å². The maximum absolute atomic E-state index is 13.0. The van der Waals surface area contributed by atoms with Gasteiger partial charge in [0, 0.05) is 19.5 Å². The number of carbonyl (C=O) groups excluding carboxylic acids is 1. The number of hydrogen-bond acceptors (Lipinski definition) is 6. The highest BCUT2D eigenvalue weighted by Crippen LogP contribution is 2.29. The zero-order chi connectivity index (χ0) is 25.1. The average Bonchev–Trinajstić information content (AvgIpc) is 2.75. The summed E-state index contributed by atoms with van der Waals surface area (Å²) < 4.78 is 44.5.